The van der Waals surface area contributed by atoms with Crippen LogP contribution < -0.4 is 11.4 Å². The van der Waals surface area contributed by atoms with Crippen LogP contribution in [0.5, 0.6) is 0 Å². The highest BCUT2D eigenvalue weighted by atomic mass is 16.1. The van der Waals surface area contributed by atoms with Crippen molar-refractivity contribution in [1.82, 2.24) is 19.3 Å². The van der Waals surface area contributed by atoms with Gasteiger partial charge in [0.2, 0.25) is 0 Å². The van der Waals surface area contributed by atoms with Crippen LogP contribution in [0.25, 0.3) is 16.9 Å². The Hall–Kier alpha value is -2.76. The zero-order valence-electron chi connectivity index (χ0n) is 10.4. The van der Waals surface area contributed by atoms with Gasteiger partial charge in [0.1, 0.15) is 5.82 Å². The van der Waals surface area contributed by atoms with Gasteiger partial charge < -0.3 is 10.3 Å². The van der Waals surface area contributed by atoms with E-state index in [-0.39, 0.29) is 5.69 Å². The van der Waals surface area contributed by atoms with Crippen LogP contribution in [0, 0.1) is 0 Å². The van der Waals surface area contributed by atoms with Gasteiger partial charge >= 0.3 is 5.69 Å². The second-order valence-corrected chi connectivity index (χ2v) is 4.32. The molecule has 0 bridgehead atoms. The highest BCUT2D eigenvalue weighted by Crippen LogP contribution is 2.20. The Balaban J connectivity index is 2.10. The number of benzene rings is 1. The minimum atomic E-state index is -0.0822. The van der Waals surface area contributed by atoms with Crippen LogP contribution in [-0.4, -0.2) is 19.3 Å². The molecule has 3 N–H and O–H groups in total. The van der Waals surface area contributed by atoms with Crippen molar-refractivity contribution >= 4 is 5.82 Å². The summed E-state index contributed by atoms with van der Waals surface area (Å²) in [5.74, 6) is 0.442. The van der Waals surface area contributed by atoms with E-state index in [9.17, 15) is 4.79 Å². The number of nitrogen functional groups attached to an aromatic ring is 1. The molecule has 0 spiro atoms. The third-order valence-electron chi connectivity index (χ3n) is 2.98. The molecule has 0 aliphatic rings. The van der Waals surface area contributed by atoms with Crippen molar-refractivity contribution in [2.24, 2.45) is 7.05 Å². The molecule has 0 aliphatic carbocycles. The molecule has 0 atom stereocenters. The number of nitrogens with two attached hydrogens (primary N) is 1. The average molecular weight is 255 g/mol. The quantitative estimate of drug-likeness (QED) is 0.720. The van der Waals surface area contributed by atoms with Crippen molar-refractivity contribution < 1.29 is 0 Å². The number of nitrogens with one attached hydrogen (secondary N) is 1. The first-order chi connectivity index (χ1) is 9.15. The van der Waals surface area contributed by atoms with Crippen LogP contribution in [0.1, 0.15) is 0 Å². The molecule has 0 aliphatic heterocycles. The molecule has 96 valence electrons. The lowest BCUT2D eigenvalue weighted by molar-refractivity contribution is 0.824. The second kappa shape index (κ2) is 4.16. The van der Waals surface area contributed by atoms with E-state index >= 15 is 0 Å². The first-order valence-electron chi connectivity index (χ1n) is 5.81. The van der Waals surface area contributed by atoms with Gasteiger partial charge in [0.15, 0.2) is 0 Å². The number of hydrogen-bond donors (Lipinski definition) is 2. The first-order valence-corrected chi connectivity index (χ1v) is 5.81. The molecular formula is C13H13N5O. The number of imidazole rings is 1. The van der Waals surface area contributed by atoms with Crippen molar-refractivity contribution in [3.63, 3.8) is 0 Å². The maximum atomic E-state index is 11.9. The molecule has 3 aromatic rings. The highest BCUT2D eigenvalue weighted by molar-refractivity contribution is 5.64. The summed E-state index contributed by atoms with van der Waals surface area (Å²) < 4.78 is 3.12. The van der Waals surface area contributed by atoms with E-state index in [4.69, 9.17) is 5.73 Å². The zero-order valence-corrected chi connectivity index (χ0v) is 10.4. The van der Waals surface area contributed by atoms with Gasteiger partial charge in [0, 0.05) is 31.1 Å². The highest BCUT2D eigenvalue weighted by Gasteiger charge is 2.06. The van der Waals surface area contributed by atoms with E-state index in [0.717, 1.165) is 16.9 Å². The van der Waals surface area contributed by atoms with Crippen LogP contribution >= 0.6 is 0 Å². The summed E-state index contributed by atoms with van der Waals surface area (Å²) in [5, 5.41) is 6.75. The maximum Gasteiger partial charge on any atom is 0.332 e. The van der Waals surface area contributed by atoms with Crippen LogP contribution in [0.15, 0.2) is 47.5 Å². The monoisotopic (exact) mass is 255 g/mol. The lowest BCUT2D eigenvalue weighted by Gasteiger charge is -2.03. The van der Waals surface area contributed by atoms with E-state index in [0.29, 0.717) is 5.82 Å². The van der Waals surface area contributed by atoms with Gasteiger partial charge in [0.05, 0.1) is 11.4 Å². The number of hydrogen-bond acceptors (Lipinski definition) is 3. The third-order valence-corrected chi connectivity index (χ3v) is 2.98. The number of nitrogens with zero attached hydrogens (tertiary/aromatic N) is 3. The smallest absolute Gasteiger partial charge is 0.332 e. The predicted molar refractivity (Wildman–Crippen MR) is 73.0 cm³/mol. The van der Waals surface area contributed by atoms with Gasteiger partial charge in [-0.2, -0.15) is 5.10 Å². The Kier molecular flexibility index (Phi) is 2.49. The summed E-state index contributed by atoms with van der Waals surface area (Å²) in [6.07, 6.45) is 3.46. The standard InChI is InChI=1S/C13H13N5O/c1-17-5-6-18(13(17)19)10-4-2-3-9(7-10)11-8-12(14)16-15-11/h2-8H,1H3,(H3,14,15,16). The summed E-state index contributed by atoms with van der Waals surface area (Å²) in [6, 6.07) is 9.37. The Labute approximate surface area is 109 Å². The minimum Gasteiger partial charge on any atom is -0.382 e. The number of rotatable bonds is 2. The molecule has 2 aromatic heterocycles. The van der Waals surface area contributed by atoms with Crippen molar-refractivity contribution in [1.29, 1.82) is 0 Å². The Morgan fingerprint density at radius 1 is 1.26 bits per heavy atom. The maximum absolute atomic E-state index is 11.9. The number of aromatic amines is 1. The largest absolute Gasteiger partial charge is 0.382 e. The number of aromatic nitrogens is 4. The first kappa shape index (κ1) is 11.3. The van der Waals surface area contributed by atoms with Gasteiger partial charge in [-0.3, -0.25) is 9.67 Å². The molecule has 3 rings (SSSR count). The summed E-state index contributed by atoms with van der Waals surface area (Å²) in [5.41, 5.74) is 8.06. The van der Waals surface area contributed by atoms with E-state index < -0.39 is 0 Å². The second-order valence-electron chi connectivity index (χ2n) is 4.32. The Morgan fingerprint density at radius 3 is 2.74 bits per heavy atom. The molecule has 0 amide bonds. The van der Waals surface area contributed by atoms with Crippen LogP contribution in [-0.2, 0) is 7.05 Å². The Bertz CT molecular complexity index is 780. The molecule has 0 saturated heterocycles. The van der Waals surface area contributed by atoms with Crippen molar-refractivity contribution in [3.05, 3.63) is 53.2 Å². The molecule has 1 aromatic carbocycles. The molecule has 0 radical (unpaired) electrons. The summed E-state index contributed by atoms with van der Waals surface area (Å²) in [7, 11) is 1.72. The topological polar surface area (TPSA) is 81.6 Å². The third kappa shape index (κ3) is 1.93. The van der Waals surface area contributed by atoms with E-state index in [2.05, 4.69) is 10.2 Å². The van der Waals surface area contributed by atoms with Crippen LogP contribution in [0.2, 0.25) is 0 Å². The number of H-pyrrole nitrogens is 1. The minimum absolute atomic E-state index is 0.0822. The van der Waals surface area contributed by atoms with Gasteiger partial charge in [-0.05, 0) is 12.1 Å². The SMILES string of the molecule is Cn1ccn(-c2cccc(-c3cc(N)n[nH]3)c2)c1=O. The molecule has 19 heavy (non-hydrogen) atoms. The van der Waals surface area contributed by atoms with Gasteiger partial charge in [0.25, 0.3) is 0 Å². The zero-order chi connectivity index (χ0) is 13.4. The molecule has 0 fully saturated rings. The number of anilines is 1. The van der Waals surface area contributed by atoms with Crippen LogP contribution in [0.3, 0.4) is 0 Å². The fourth-order valence-electron chi connectivity index (χ4n) is 1.97. The average Bonchev–Trinajstić information content (AvgIpc) is 2.98. The lowest BCUT2D eigenvalue weighted by atomic mass is 10.1. The fourth-order valence-corrected chi connectivity index (χ4v) is 1.97. The Morgan fingerprint density at radius 2 is 2.11 bits per heavy atom. The summed E-state index contributed by atoms with van der Waals surface area (Å²) in [6.45, 7) is 0. The van der Waals surface area contributed by atoms with Crippen molar-refractivity contribution in [2.45, 2.75) is 0 Å². The fraction of sp³-hybridized carbons (Fsp3) is 0.0769. The van der Waals surface area contributed by atoms with E-state index in [1.54, 1.807) is 30.1 Å². The van der Waals surface area contributed by atoms with Crippen molar-refractivity contribution in [2.75, 3.05) is 5.73 Å². The summed E-state index contributed by atoms with van der Waals surface area (Å²) in [4.78, 5) is 11.9. The van der Waals surface area contributed by atoms with E-state index in [1.807, 2.05) is 24.3 Å². The molecule has 6 nitrogen and oxygen atoms in total. The van der Waals surface area contributed by atoms with Gasteiger partial charge in [-0.25, -0.2) is 4.79 Å². The molecule has 6 heteroatoms. The van der Waals surface area contributed by atoms with Gasteiger partial charge in [-0.15, -0.1) is 0 Å². The normalized spacial score (nSPS) is 10.8. The lowest BCUT2D eigenvalue weighted by Crippen LogP contribution is -2.20. The molecule has 2 heterocycles. The van der Waals surface area contributed by atoms with Crippen LogP contribution in [0.4, 0.5) is 5.82 Å². The number of aryl methyl sites for hydroxylation is 1. The van der Waals surface area contributed by atoms with Gasteiger partial charge in [-0.1, -0.05) is 12.1 Å². The predicted octanol–water partition coefficient (Wildman–Crippen LogP) is 1.15. The van der Waals surface area contributed by atoms with Crippen molar-refractivity contribution in [3.8, 4) is 16.9 Å². The molecule has 0 saturated carbocycles. The molecular weight excluding hydrogens is 242 g/mol. The van der Waals surface area contributed by atoms with E-state index in [1.165, 1.54) is 4.57 Å². The summed E-state index contributed by atoms with van der Waals surface area (Å²) >= 11 is 0. The molecule has 0 unspecified atom stereocenters.